The second kappa shape index (κ2) is 11.8. The van der Waals surface area contributed by atoms with E-state index in [-0.39, 0.29) is 16.9 Å². The van der Waals surface area contributed by atoms with Gasteiger partial charge in [0.15, 0.2) is 0 Å². The highest BCUT2D eigenvalue weighted by molar-refractivity contribution is 6.30. The van der Waals surface area contributed by atoms with E-state index in [1.807, 2.05) is 22.6 Å². The fourth-order valence-corrected chi connectivity index (χ4v) is 5.96. The van der Waals surface area contributed by atoms with Gasteiger partial charge < -0.3 is 24.3 Å². The molecule has 210 valence electrons. The number of likely N-dealkylation sites (N-methyl/N-ethyl adjacent to an activating group) is 1. The normalized spacial score (nSPS) is 17.6. The number of hydrogen-bond donors (Lipinski definition) is 1. The van der Waals surface area contributed by atoms with Gasteiger partial charge in [-0.1, -0.05) is 23.7 Å². The van der Waals surface area contributed by atoms with Crippen LogP contribution in [-0.4, -0.2) is 91.1 Å². The van der Waals surface area contributed by atoms with E-state index in [0.29, 0.717) is 17.0 Å². The molecule has 1 amide bonds. The van der Waals surface area contributed by atoms with Gasteiger partial charge in [0.05, 0.1) is 18.7 Å². The molecule has 2 aliphatic heterocycles. The summed E-state index contributed by atoms with van der Waals surface area (Å²) in [5, 5.41) is 5.28. The second-order valence-corrected chi connectivity index (χ2v) is 11.5. The molecular formula is C31H36ClN5O3. The Morgan fingerprint density at radius 2 is 1.65 bits per heavy atom. The van der Waals surface area contributed by atoms with Gasteiger partial charge in [0, 0.05) is 87.1 Å². The number of nitrogens with zero attached hydrogens (tertiary/aromatic N) is 4. The Bertz CT molecular complexity index is 1540. The van der Waals surface area contributed by atoms with Crippen LogP contribution in [0.15, 0.2) is 53.6 Å². The first kappa shape index (κ1) is 27.2. The lowest BCUT2D eigenvalue weighted by Gasteiger charge is -2.32. The molecule has 2 aromatic carbocycles. The maximum atomic E-state index is 13.8. The molecule has 9 heteroatoms. The molecule has 0 saturated carbocycles. The van der Waals surface area contributed by atoms with E-state index < -0.39 is 0 Å². The first-order valence-corrected chi connectivity index (χ1v) is 14.5. The molecule has 2 aromatic heterocycles. The number of pyridine rings is 1. The van der Waals surface area contributed by atoms with E-state index in [2.05, 4.69) is 39.3 Å². The van der Waals surface area contributed by atoms with Gasteiger partial charge in [0.1, 0.15) is 5.56 Å². The lowest BCUT2D eigenvalue weighted by atomic mass is 10.0. The molecule has 2 fully saturated rings. The molecule has 0 radical (unpaired) electrons. The summed E-state index contributed by atoms with van der Waals surface area (Å²) in [6, 6.07) is 11.6. The van der Waals surface area contributed by atoms with Crippen molar-refractivity contribution in [3.05, 3.63) is 86.3 Å². The summed E-state index contributed by atoms with van der Waals surface area (Å²) in [4.78, 5) is 34.3. The fraction of sp³-hybridized carbons (Fsp3) is 0.419. The highest BCUT2D eigenvalue weighted by Gasteiger charge is 2.21. The van der Waals surface area contributed by atoms with E-state index >= 15 is 0 Å². The third kappa shape index (κ3) is 5.87. The predicted molar refractivity (Wildman–Crippen MR) is 159 cm³/mol. The van der Waals surface area contributed by atoms with Crippen LogP contribution < -0.4 is 10.7 Å². The monoisotopic (exact) mass is 561 g/mol. The largest absolute Gasteiger partial charge is 0.379 e. The predicted octanol–water partition coefficient (Wildman–Crippen LogP) is 3.10. The number of piperazine rings is 1. The van der Waals surface area contributed by atoms with Crippen LogP contribution in [0.2, 0.25) is 5.02 Å². The molecule has 0 atom stereocenters. The lowest BCUT2D eigenvalue weighted by Crippen LogP contribution is -2.45. The zero-order valence-corrected chi connectivity index (χ0v) is 23.8. The number of benzene rings is 2. The Hall–Kier alpha value is -3.01. The standard InChI is InChI=1S/C31H36ClN5O3/c1-34-8-10-35(11-9-34)7-6-24-20-37-21-28(31(39)33-18-22-2-4-25(32)5-3-22)30(38)27-17-23(16-26(24)29(27)37)19-36-12-14-40-15-13-36/h2-5,16-17,20-21H,6-15,18-19H2,1H3,(H,33,39). The summed E-state index contributed by atoms with van der Waals surface area (Å²) >= 11 is 5.99. The lowest BCUT2D eigenvalue weighted by molar-refractivity contribution is 0.0342. The summed E-state index contributed by atoms with van der Waals surface area (Å²) < 4.78 is 7.52. The number of carbonyl (C=O) groups excluding carboxylic acids is 1. The average molecular weight is 562 g/mol. The van der Waals surface area contributed by atoms with Gasteiger partial charge in [-0.25, -0.2) is 0 Å². The molecule has 2 saturated heterocycles. The van der Waals surface area contributed by atoms with Crippen molar-refractivity contribution in [2.24, 2.45) is 0 Å². The summed E-state index contributed by atoms with van der Waals surface area (Å²) in [5.41, 5.74) is 4.07. The number of ether oxygens (including phenoxy) is 1. The average Bonchev–Trinajstić information content (AvgIpc) is 3.32. The van der Waals surface area contributed by atoms with Crippen LogP contribution in [0, 0.1) is 0 Å². The van der Waals surface area contributed by atoms with Gasteiger partial charge in [0.25, 0.3) is 5.91 Å². The third-order valence-corrected chi connectivity index (χ3v) is 8.49. The zero-order valence-electron chi connectivity index (χ0n) is 23.0. The van der Waals surface area contributed by atoms with Gasteiger partial charge in [-0.05, 0) is 54.4 Å². The topological polar surface area (TPSA) is 69.5 Å². The molecule has 4 heterocycles. The molecule has 1 N–H and O–H groups in total. The van der Waals surface area contributed by atoms with E-state index in [9.17, 15) is 9.59 Å². The number of hydrogen-bond acceptors (Lipinski definition) is 6. The molecule has 40 heavy (non-hydrogen) atoms. The SMILES string of the molecule is CN1CCN(CCc2cn3cc(C(=O)NCc4ccc(Cl)cc4)c(=O)c4cc(CN5CCOCC5)cc2c43)CC1. The summed E-state index contributed by atoms with van der Waals surface area (Å²) in [5.74, 6) is -0.370. The smallest absolute Gasteiger partial charge is 0.257 e. The van der Waals surface area contributed by atoms with Crippen molar-refractivity contribution in [2.45, 2.75) is 19.5 Å². The van der Waals surface area contributed by atoms with E-state index in [1.165, 1.54) is 5.56 Å². The Morgan fingerprint density at radius 1 is 0.925 bits per heavy atom. The Kier molecular flexibility index (Phi) is 8.05. The van der Waals surface area contributed by atoms with Crippen molar-refractivity contribution < 1.29 is 9.53 Å². The molecule has 4 aromatic rings. The molecule has 0 bridgehead atoms. The molecule has 6 rings (SSSR count). The van der Waals surface area contributed by atoms with Gasteiger partial charge in [-0.15, -0.1) is 0 Å². The van der Waals surface area contributed by atoms with Crippen molar-refractivity contribution in [3.8, 4) is 0 Å². The minimum atomic E-state index is -0.370. The van der Waals surface area contributed by atoms with E-state index in [4.69, 9.17) is 16.3 Å². The minimum absolute atomic E-state index is 0.160. The van der Waals surface area contributed by atoms with Crippen LogP contribution in [0.3, 0.4) is 0 Å². The maximum absolute atomic E-state index is 13.8. The van der Waals surface area contributed by atoms with E-state index in [1.54, 1.807) is 18.3 Å². The molecular weight excluding hydrogens is 526 g/mol. The number of morpholine rings is 1. The van der Waals surface area contributed by atoms with Crippen molar-refractivity contribution in [3.63, 3.8) is 0 Å². The number of amides is 1. The van der Waals surface area contributed by atoms with Crippen molar-refractivity contribution in [1.29, 1.82) is 0 Å². The Labute approximate surface area is 239 Å². The van der Waals surface area contributed by atoms with Crippen LogP contribution in [-0.2, 0) is 24.2 Å². The van der Waals surface area contributed by atoms with Crippen LogP contribution in [0.1, 0.15) is 27.0 Å². The van der Waals surface area contributed by atoms with Crippen molar-refractivity contribution >= 4 is 33.8 Å². The number of nitrogens with one attached hydrogen (secondary N) is 1. The van der Waals surface area contributed by atoms with Crippen LogP contribution in [0.4, 0.5) is 0 Å². The number of aromatic nitrogens is 1. The van der Waals surface area contributed by atoms with Gasteiger partial charge >= 0.3 is 0 Å². The molecule has 0 spiro atoms. The molecule has 8 nitrogen and oxygen atoms in total. The fourth-order valence-electron chi connectivity index (χ4n) is 5.84. The summed E-state index contributed by atoms with van der Waals surface area (Å²) in [7, 11) is 2.17. The summed E-state index contributed by atoms with van der Waals surface area (Å²) in [6.45, 7) is 9.55. The van der Waals surface area contributed by atoms with Gasteiger partial charge in [-0.3, -0.25) is 14.5 Å². The quantitative estimate of drug-likeness (QED) is 0.357. The number of carbonyl (C=O) groups is 1. The van der Waals surface area contributed by atoms with Crippen molar-refractivity contribution in [1.82, 2.24) is 24.4 Å². The first-order chi connectivity index (χ1) is 19.4. The Balaban J connectivity index is 1.33. The van der Waals surface area contributed by atoms with E-state index in [0.717, 1.165) is 94.0 Å². The van der Waals surface area contributed by atoms with Crippen LogP contribution in [0.25, 0.3) is 16.3 Å². The Morgan fingerprint density at radius 3 is 2.40 bits per heavy atom. The molecule has 0 unspecified atom stereocenters. The number of halogens is 1. The molecule has 0 aliphatic carbocycles. The minimum Gasteiger partial charge on any atom is -0.379 e. The third-order valence-electron chi connectivity index (χ3n) is 8.24. The van der Waals surface area contributed by atoms with Crippen LogP contribution in [0.5, 0.6) is 0 Å². The summed E-state index contributed by atoms with van der Waals surface area (Å²) in [6.07, 6.45) is 4.71. The second-order valence-electron chi connectivity index (χ2n) is 11.1. The van der Waals surface area contributed by atoms with Gasteiger partial charge in [0.2, 0.25) is 5.43 Å². The van der Waals surface area contributed by atoms with Gasteiger partial charge in [-0.2, -0.15) is 0 Å². The number of rotatable bonds is 8. The van der Waals surface area contributed by atoms with Crippen LogP contribution >= 0.6 is 11.6 Å². The first-order valence-electron chi connectivity index (χ1n) is 14.1. The maximum Gasteiger partial charge on any atom is 0.257 e. The zero-order chi connectivity index (χ0) is 27.6. The van der Waals surface area contributed by atoms with Crippen molar-refractivity contribution in [2.75, 3.05) is 66.1 Å². The highest BCUT2D eigenvalue weighted by atomic mass is 35.5. The highest BCUT2D eigenvalue weighted by Crippen LogP contribution is 2.28. The molecule has 2 aliphatic rings.